The lowest BCUT2D eigenvalue weighted by molar-refractivity contribution is 0.990. The minimum Gasteiger partial charge on any atom is -0.357 e. The molecule has 32 heavy (non-hydrogen) atoms. The second-order valence-electron chi connectivity index (χ2n) is 8.37. The van der Waals surface area contributed by atoms with Gasteiger partial charge in [-0.25, -0.2) is 0 Å². The van der Waals surface area contributed by atoms with Crippen LogP contribution in [0.25, 0.3) is 22.3 Å². The Bertz CT molecular complexity index is 1280. The van der Waals surface area contributed by atoms with Crippen LogP contribution in [0.2, 0.25) is 0 Å². The van der Waals surface area contributed by atoms with Gasteiger partial charge in [0.25, 0.3) is 0 Å². The SMILES string of the molecule is c1cccc(-c2cccc(-c3ccccc3)c2B2C3=C(C=CCC3)Nc3ccccc32)c#1. The Balaban J connectivity index is 1.69. The van der Waals surface area contributed by atoms with Crippen molar-refractivity contribution in [3.05, 3.63) is 126 Å². The average molecular weight is 407 g/mol. The number of hydrogen-bond acceptors (Lipinski definition) is 1. The van der Waals surface area contributed by atoms with E-state index < -0.39 is 0 Å². The monoisotopic (exact) mass is 407 g/mol. The van der Waals surface area contributed by atoms with Crippen LogP contribution in [0.1, 0.15) is 12.8 Å². The van der Waals surface area contributed by atoms with Crippen molar-refractivity contribution in [1.82, 2.24) is 0 Å². The zero-order valence-electron chi connectivity index (χ0n) is 17.8. The van der Waals surface area contributed by atoms with E-state index in [9.17, 15) is 0 Å². The number of fused-ring (bicyclic) bond motifs is 1. The summed E-state index contributed by atoms with van der Waals surface area (Å²) in [5, 5.41) is 3.70. The summed E-state index contributed by atoms with van der Waals surface area (Å²) in [6, 6.07) is 38.8. The molecule has 0 saturated carbocycles. The first-order valence-electron chi connectivity index (χ1n) is 11.2. The van der Waals surface area contributed by atoms with E-state index in [1.807, 2.05) is 6.07 Å². The Morgan fingerprint density at radius 2 is 1.62 bits per heavy atom. The molecule has 1 aliphatic carbocycles. The Morgan fingerprint density at radius 3 is 2.50 bits per heavy atom. The van der Waals surface area contributed by atoms with Gasteiger partial charge in [-0.15, -0.1) is 0 Å². The lowest BCUT2D eigenvalue weighted by atomic mass is 9.32. The number of rotatable bonds is 3. The van der Waals surface area contributed by atoms with E-state index in [-0.39, 0.29) is 6.71 Å². The molecule has 4 aromatic carbocycles. The third-order valence-electron chi connectivity index (χ3n) is 6.52. The van der Waals surface area contributed by atoms with Crippen LogP contribution in [-0.4, -0.2) is 6.71 Å². The second kappa shape index (κ2) is 7.95. The molecule has 150 valence electrons. The number of hydrogen-bond donors (Lipinski definition) is 1. The van der Waals surface area contributed by atoms with Crippen molar-refractivity contribution >= 4 is 23.3 Å². The first kappa shape index (κ1) is 18.8. The van der Waals surface area contributed by atoms with Gasteiger partial charge in [0.2, 0.25) is 6.71 Å². The van der Waals surface area contributed by atoms with Crippen LogP contribution in [0.5, 0.6) is 0 Å². The third kappa shape index (κ3) is 3.15. The number of anilines is 1. The van der Waals surface area contributed by atoms with Crippen LogP contribution in [-0.2, 0) is 0 Å². The van der Waals surface area contributed by atoms with Crippen molar-refractivity contribution in [2.75, 3.05) is 5.32 Å². The molecular formula is C30H22BN. The molecule has 0 aromatic heterocycles. The molecule has 6 rings (SSSR count). The number of para-hydroxylation sites is 1. The maximum absolute atomic E-state index is 3.70. The van der Waals surface area contributed by atoms with E-state index in [2.05, 4.69) is 115 Å². The summed E-state index contributed by atoms with van der Waals surface area (Å²) in [5.41, 5.74) is 11.4. The second-order valence-corrected chi connectivity index (χ2v) is 8.37. The Hall–Kier alpha value is -3.96. The highest BCUT2D eigenvalue weighted by atomic mass is 14.9. The molecule has 0 amide bonds. The van der Waals surface area contributed by atoms with Crippen LogP contribution in [0.4, 0.5) is 5.69 Å². The Kier molecular flexibility index (Phi) is 4.67. The molecule has 0 spiro atoms. The fraction of sp³-hybridized carbons (Fsp3) is 0.0667. The predicted octanol–water partition coefficient (Wildman–Crippen LogP) is 5.80. The van der Waals surface area contributed by atoms with Gasteiger partial charge in [-0.05, 0) is 59.3 Å². The summed E-state index contributed by atoms with van der Waals surface area (Å²) >= 11 is 0. The van der Waals surface area contributed by atoms with E-state index >= 15 is 0 Å². The average Bonchev–Trinajstić information content (AvgIpc) is 2.88. The number of nitrogens with one attached hydrogen (secondary N) is 1. The van der Waals surface area contributed by atoms with Crippen molar-refractivity contribution in [3.63, 3.8) is 0 Å². The Morgan fingerprint density at radius 1 is 0.781 bits per heavy atom. The van der Waals surface area contributed by atoms with Gasteiger partial charge in [-0.2, -0.15) is 0 Å². The Labute approximate surface area is 190 Å². The zero-order valence-corrected chi connectivity index (χ0v) is 17.8. The minimum atomic E-state index is 0.187. The van der Waals surface area contributed by atoms with Crippen molar-refractivity contribution < 1.29 is 0 Å². The number of benzene rings is 3. The summed E-state index contributed by atoms with van der Waals surface area (Å²) in [6.45, 7) is 0.187. The normalized spacial score (nSPS) is 14.3. The summed E-state index contributed by atoms with van der Waals surface area (Å²) < 4.78 is 0. The summed E-state index contributed by atoms with van der Waals surface area (Å²) in [7, 11) is 0. The molecule has 0 radical (unpaired) electrons. The third-order valence-corrected chi connectivity index (χ3v) is 6.52. The van der Waals surface area contributed by atoms with Crippen LogP contribution < -0.4 is 16.2 Å². The predicted molar refractivity (Wildman–Crippen MR) is 135 cm³/mol. The molecule has 4 aromatic rings. The van der Waals surface area contributed by atoms with E-state index in [0.29, 0.717) is 0 Å². The fourth-order valence-electron chi connectivity index (χ4n) is 5.12. The van der Waals surface area contributed by atoms with Gasteiger partial charge in [0, 0.05) is 16.9 Å². The lowest BCUT2D eigenvalue weighted by Gasteiger charge is -2.33. The molecule has 0 saturated heterocycles. The van der Waals surface area contributed by atoms with Crippen molar-refractivity contribution in [1.29, 1.82) is 0 Å². The maximum Gasteiger partial charge on any atom is 0.243 e. The zero-order chi connectivity index (χ0) is 21.3. The molecule has 2 heteroatoms. The highest BCUT2D eigenvalue weighted by Crippen LogP contribution is 2.32. The van der Waals surface area contributed by atoms with Crippen molar-refractivity contribution in [3.8, 4) is 22.3 Å². The standard InChI is InChI=1S/C30H22BN/c1-3-12-22(13-4-1)24-16-11-17-25(23-14-5-2-6-15-23)30(24)31-26-18-7-9-20-28(26)32-29-21-10-8-19-27(29)31/h1-5,7,9-14,16-18,20-21,32H,8,19H2. The van der Waals surface area contributed by atoms with E-state index in [0.717, 1.165) is 18.4 Å². The van der Waals surface area contributed by atoms with Gasteiger partial charge in [-0.3, -0.25) is 0 Å². The molecule has 2 aliphatic rings. The first-order valence-corrected chi connectivity index (χ1v) is 11.2. The topological polar surface area (TPSA) is 12.0 Å². The van der Waals surface area contributed by atoms with Gasteiger partial charge in [0.15, 0.2) is 0 Å². The van der Waals surface area contributed by atoms with Crippen LogP contribution >= 0.6 is 0 Å². The number of allylic oxidation sites excluding steroid dienone is 3. The van der Waals surface area contributed by atoms with Crippen LogP contribution in [0.15, 0.2) is 114 Å². The fourth-order valence-corrected chi connectivity index (χ4v) is 5.12. The van der Waals surface area contributed by atoms with E-state index in [1.165, 1.54) is 44.5 Å². The van der Waals surface area contributed by atoms with Gasteiger partial charge in [0.1, 0.15) is 0 Å². The van der Waals surface area contributed by atoms with E-state index in [4.69, 9.17) is 0 Å². The highest BCUT2D eigenvalue weighted by Gasteiger charge is 2.35. The molecule has 0 fully saturated rings. The highest BCUT2D eigenvalue weighted by molar-refractivity contribution is 6.94. The molecule has 1 nitrogen and oxygen atoms in total. The van der Waals surface area contributed by atoms with E-state index in [1.54, 1.807) is 0 Å². The molecule has 0 bridgehead atoms. The van der Waals surface area contributed by atoms with Gasteiger partial charge in [-0.1, -0.05) is 102 Å². The van der Waals surface area contributed by atoms with Crippen molar-refractivity contribution in [2.45, 2.75) is 12.8 Å². The first-order chi connectivity index (χ1) is 15.9. The summed E-state index contributed by atoms with van der Waals surface area (Å²) in [4.78, 5) is 0. The van der Waals surface area contributed by atoms with Gasteiger partial charge in [0.05, 0.1) is 0 Å². The lowest BCUT2D eigenvalue weighted by Crippen LogP contribution is -2.50. The van der Waals surface area contributed by atoms with Gasteiger partial charge >= 0.3 is 0 Å². The molecular weight excluding hydrogens is 385 g/mol. The summed E-state index contributed by atoms with van der Waals surface area (Å²) in [5.74, 6) is 0. The molecule has 0 unspecified atom stereocenters. The quantitative estimate of drug-likeness (QED) is 0.424. The largest absolute Gasteiger partial charge is 0.357 e. The van der Waals surface area contributed by atoms with Gasteiger partial charge < -0.3 is 5.32 Å². The molecule has 1 heterocycles. The minimum absolute atomic E-state index is 0.187. The van der Waals surface area contributed by atoms with Crippen molar-refractivity contribution in [2.24, 2.45) is 0 Å². The smallest absolute Gasteiger partial charge is 0.243 e. The summed E-state index contributed by atoms with van der Waals surface area (Å²) in [6.07, 6.45) is 6.67. The molecule has 1 N–H and O–H groups in total. The van der Waals surface area contributed by atoms with Crippen LogP contribution in [0, 0.1) is 12.1 Å². The van der Waals surface area contributed by atoms with Crippen LogP contribution in [0.3, 0.4) is 0 Å². The molecule has 1 aliphatic heterocycles. The molecule has 0 atom stereocenters. The maximum atomic E-state index is 3.70.